The van der Waals surface area contributed by atoms with Crippen LogP contribution in [0.25, 0.3) is 10.2 Å². The molecule has 0 aliphatic heterocycles. The Labute approximate surface area is 111 Å². The minimum atomic E-state index is -0.262. The summed E-state index contributed by atoms with van der Waals surface area (Å²) >= 11 is 1.58. The van der Waals surface area contributed by atoms with Gasteiger partial charge in [0.2, 0.25) is 5.91 Å². The summed E-state index contributed by atoms with van der Waals surface area (Å²) in [6.45, 7) is 3.91. The maximum atomic E-state index is 11.8. The highest BCUT2D eigenvalue weighted by atomic mass is 32.1. The first-order valence-electron chi connectivity index (χ1n) is 5.82. The van der Waals surface area contributed by atoms with Gasteiger partial charge in [-0.2, -0.15) is 0 Å². The smallest absolute Gasteiger partial charge is 0.244 e. The highest BCUT2D eigenvalue weighted by Gasteiger charge is 2.16. The van der Waals surface area contributed by atoms with E-state index in [0.717, 1.165) is 15.3 Å². The molecule has 1 atom stereocenters. The van der Waals surface area contributed by atoms with Crippen LogP contribution in [-0.4, -0.2) is 35.9 Å². The Morgan fingerprint density at radius 3 is 2.83 bits per heavy atom. The van der Waals surface area contributed by atoms with Gasteiger partial charge in [-0.25, -0.2) is 4.98 Å². The Bertz CT molecular complexity index is 577. The second kappa shape index (κ2) is 4.94. The van der Waals surface area contributed by atoms with Crippen molar-refractivity contribution in [3.63, 3.8) is 0 Å². The molecular weight excluding hydrogens is 246 g/mol. The van der Waals surface area contributed by atoms with Gasteiger partial charge < -0.3 is 10.2 Å². The first kappa shape index (κ1) is 12.8. The highest BCUT2D eigenvalue weighted by molar-refractivity contribution is 7.22. The summed E-state index contributed by atoms with van der Waals surface area (Å²) in [5, 5.41) is 3.94. The van der Waals surface area contributed by atoms with Gasteiger partial charge >= 0.3 is 0 Å². The summed E-state index contributed by atoms with van der Waals surface area (Å²) in [4.78, 5) is 17.8. The molecule has 0 aliphatic rings. The number of carbonyl (C=O) groups excluding carboxylic acids is 1. The number of aromatic nitrogens is 1. The lowest BCUT2D eigenvalue weighted by atomic mass is 10.2. The minimum Gasteiger partial charge on any atom is -0.350 e. The molecule has 4 nitrogen and oxygen atoms in total. The quantitative estimate of drug-likeness (QED) is 0.925. The lowest BCUT2D eigenvalue weighted by molar-refractivity contribution is -0.129. The first-order valence-corrected chi connectivity index (χ1v) is 6.64. The van der Waals surface area contributed by atoms with E-state index in [-0.39, 0.29) is 11.9 Å². The standard InChI is InChI=1S/C13H17N3OS/c1-8-5-6-10-11(7-8)18-13(15-10)14-9(2)12(17)16(3)4/h5-7,9H,1-4H3,(H,14,15). The van der Waals surface area contributed by atoms with Crippen LogP contribution in [0.1, 0.15) is 12.5 Å². The average Bonchev–Trinajstić information content (AvgIpc) is 2.68. The van der Waals surface area contributed by atoms with Gasteiger partial charge in [-0.05, 0) is 31.5 Å². The SMILES string of the molecule is Cc1ccc2nc(NC(C)C(=O)N(C)C)sc2c1. The van der Waals surface area contributed by atoms with E-state index in [0.29, 0.717) is 0 Å². The number of benzene rings is 1. The number of carbonyl (C=O) groups is 1. The molecule has 1 N–H and O–H groups in total. The molecule has 2 rings (SSSR count). The van der Waals surface area contributed by atoms with E-state index in [4.69, 9.17) is 0 Å². The Kier molecular flexibility index (Phi) is 3.52. The Morgan fingerprint density at radius 2 is 2.17 bits per heavy atom. The summed E-state index contributed by atoms with van der Waals surface area (Å²) in [7, 11) is 3.50. The maximum Gasteiger partial charge on any atom is 0.244 e. The number of nitrogens with zero attached hydrogens (tertiary/aromatic N) is 2. The number of aryl methyl sites for hydroxylation is 1. The van der Waals surface area contributed by atoms with Crippen molar-refractivity contribution in [1.82, 2.24) is 9.88 Å². The van der Waals surface area contributed by atoms with Crippen LogP contribution >= 0.6 is 11.3 Å². The molecule has 1 aromatic heterocycles. The molecule has 1 amide bonds. The lowest BCUT2D eigenvalue weighted by Gasteiger charge is -2.17. The molecule has 0 spiro atoms. The van der Waals surface area contributed by atoms with Crippen LogP contribution in [-0.2, 0) is 4.79 Å². The number of hydrogen-bond donors (Lipinski definition) is 1. The summed E-state index contributed by atoms with van der Waals surface area (Å²) in [6.07, 6.45) is 0. The molecule has 0 aliphatic carbocycles. The fraction of sp³-hybridized carbons (Fsp3) is 0.385. The van der Waals surface area contributed by atoms with Crippen molar-refractivity contribution in [3.8, 4) is 0 Å². The van der Waals surface area contributed by atoms with E-state index in [2.05, 4.69) is 23.3 Å². The van der Waals surface area contributed by atoms with Crippen molar-refractivity contribution >= 4 is 32.6 Å². The summed E-state index contributed by atoms with van der Waals surface area (Å²) in [5.41, 5.74) is 2.19. The monoisotopic (exact) mass is 263 g/mol. The predicted octanol–water partition coefficient (Wildman–Crippen LogP) is 2.49. The molecule has 96 valence electrons. The number of rotatable bonds is 3. The van der Waals surface area contributed by atoms with Gasteiger partial charge in [0.1, 0.15) is 6.04 Å². The fourth-order valence-corrected chi connectivity index (χ4v) is 2.78. The Morgan fingerprint density at radius 1 is 1.44 bits per heavy atom. The third-order valence-corrected chi connectivity index (χ3v) is 3.64. The van der Waals surface area contributed by atoms with Gasteiger partial charge in [0.15, 0.2) is 5.13 Å². The molecular formula is C13H17N3OS. The van der Waals surface area contributed by atoms with Gasteiger partial charge in [0.25, 0.3) is 0 Å². The molecule has 0 bridgehead atoms. The van der Waals surface area contributed by atoms with Gasteiger partial charge in [0, 0.05) is 14.1 Å². The van der Waals surface area contributed by atoms with Crippen LogP contribution in [0.4, 0.5) is 5.13 Å². The van der Waals surface area contributed by atoms with E-state index in [1.165, 1.54) is 5.56 Å². The molecule has 5 heteroatoms. The van der Waals surface area contributed by atoms with Gasteiger partial charge in [-0.1, -0.05) is 17.4 Å². The van der Waals surface area contributed by atoms with Crippen molar-refractivity contribution in [1.29, 1.82) is 0 Å². The zero-order valence-corrected chi connectivity index (χ0v) is 11.8. The molecule has 0 saturated heterocycles. The summed E-state index contributed by atoms with van der Waals surface area (Å²) in [5.74, 6) is 0.0467. The van der Waals surface area contributed by atoms with Crippen LogP contribution in [0.3, 0.4) is 0 Å². The number of fused-ring (bicyclic) bond motifs is 1. The van der Waals surface area contributed by atoms with E-state index in [9.17, 15) is 4.79 Å². The van der Waals surface area contributed by atoms with Crippen molar-refractivity contribution in [3.05, 3.63) is 23.8 Å². The van der Waals surface area contributed by atoms with Crippen LogP contribution in [0, 0.1) is 6.92 Å². The number of likely N-dealkylation sites (N-methyl/N-ethyl adjacent to an activating group) is 1. The molecule has 1 unspecified atom stereocenters. The van der Waals surface area contributed by atoms with Crippen LogP contribution < -0.4 is 5.32 Å². The number of amides is 1. The third-order valence-electron chi connectivity index (χ3n) is 2.70. The molecule has 18 heavy (non-hydrogen) atoms. The number of nitrogens with one attached hydrogen (secondary N) is 1. The van der Waals surface area contributed by atoms with Crippen molar-refractivity contribution in [2.45, 2.75) is 19.9 Å². The normalized spacial score (nSPS) is 12.4. The molecule has 2 aromatic rings. The van der Waals surface area contributed by atoms with Crippen molar-refractivity contribution in [2.75, 3.05) is 19.4 Å². The van der Waals surface area contributed by atoms with Gasteiger partial charge in [-0.15, -0.1) is 0 Å². The molecule has 1 aromatic carbocycles. The first-order chi connectivity index (χ1) is 8.47. The zero-order chi connectivity index (χ0) is 13.3. The van der Waals surface area contributed by atoms with Crippen LogP contribution in [0.15, 0.2) is 18.2 Å². The second-order valence-corrected chi connectivity index (χ2v) is 5.62. The average molecular weight is 263 g/mol. The molecule has 0 fully saturated rings. The maximum absolute atomic E-state index is 11.8. The predicted molar refractivity (Wildman–Crippen MR) is 76.1 cm³/mol. The van der Waals surface area contributed by atoms with Crippen LogP contribution in [0.5, 0.6) is 0 Å². The molecule has 0 radical (unpaired) electrons. The number of hydrogen-bond acceptors (Lipinski definition) is 4. The Balaban J connectivity index is 2.19. The Hall–Kier alpha value is -1.62. The van der Waals surface area contributed by atoms with Gasteiger partial charge in [0.05, 0.1) is 10.2 Å². The van der Waals surface area contributed by atoms with E-state index >= 15 is 0 Å². The van der Waals surface area contributed by atoms with Crippen molar-refractivity contribution < 1.29 is 4.79 Å². The van der Waals surface area contributed by atoms with E-state index in [1.807, 2.05) is 19.1 Å². The van der Waals surface area contributed by atoms with Crippen molar-refractivity contribution in [2.24, 2.45) is 0 Å². The molecule has 0 saturated carbocycles. The largest absolute Gasteiger partial charge is 0.350 e. The zero-order valence-electron chi connectivity index (χ0n) is 11.0. The third kappa shape index (κ3) is 2.61. The minimum absolute atomic E-state index is 0.0467. The lowest BCUT2D eigenvalue weighted by Crippen LogP contribution is -2.36. The summed E-state index contributed by atoms with van der Waals surface area (Å²) < 4.78 is 1.14. The number of anilines is 1. The number of thiazole rings is 1. The van der Waals surface area contributed by atoms with Crippen LogP contribution in [0.2, 0.25) is 0 Å². The van der Waals surface area contributed by atoms with E-state index in [1.54, 1.807) is 30.3 Å². The second-order valence-electron chi connectivity index (χ2n) is 4.59. The fourth-order valence-electron chi connectivity index (χ4n) is 1.73. The highest BCUT2D eigenvalue weighted by Crippen LogP contribution is 2.27. The van der Waals surface area contributed by atoms with E-state index < -0.39 is 0 Å². The summed E-state index contributed by atoms with van der Waals surface area (Å²) in [6, 6.07) is 5.89. The molecule has 1 heterocycles. The topological polar surface area (TPSA) is 45.2 Å². The van der Waals surface area contributed by atoms with Gasteiger partial charge in [-0.3, -0.25) is 4.79 Å².